The van der Waals surface area contributed by atoms with E-state index in [0.29, 0.717) is 18.8 Å². The van der Waals surface area contributed by atoms with Crippen molar-refractivity contribution in [1.82, 2.24) is 5.32 Å². The van der Waals surface area contributed by atoms with Gasteiger partial charge in [0.1, 0.15) is 12.3 Å². The topological polar surface area (TPSA) is 75.7 Å². The molecule has 0 saturated carbocycles. The van der Waals surface area contributed by atoms with Crippen LogP contribution < -0.4 is 14.4 Å². The van der Waals surface area contributed by atoms with E-state index >= 15 is 0 Å². The Labute approximate surface area is 161 Å². The lowest BCUT2D eigenvalue weighted by Crippen LogP contribution is -2.40. The molecule has 6 nitrogen and oxygen atoms in total. The predicted molar refractivity (Wildman–Crippen MR) is 107 cm³/mol. The van der Waals surface area contributed by atoms with Crippen LogP contribution in [0.15, 0.2) is 48.5 Å². The Hall–Kier alpha value is -2.54. The number of sulfonamides is 1. The first-order chi connectivity index (χ1) is 12.8. The van der Waals surface area contributed by atoms with Crippen LogP contribution in [0.4, 0.5) is 5.69 Å². The normalized spacial score (nSPS) is 11.1. The first-order valence-corrected chi connectivity index (χ1v) is 10.7. The molecule has 0 aromatic heterocycles. The van der Waals surface area contributed by atoms with Crippen LogP contribution in [-0.2, 0) is 27.8 Å². The van der Waals surface area contributed by atoms with Crippen molar-refractivity contribution in [3.63, 3.8) is 0 Å². The van der Waals surface area contributed by atoms with E-state index in [9.17, 15) is 13.2 Å². The standard InChI is InChI=1S/C20H26N2O4S/c1-4-16-9-11-18(12-10-16)22(27(3,24)25)15-20(23)21-14-17-7-6-8-19(13-17)26-5-2/h6-13H,4-5,14-15H2,1-3H3,(H,21,23). The highest BCUT2D eigenvalue weighted by molar-refractivity contribution is 7.92. The van der Waals surface area contributed by atoms with Gasteiger partial charge in [0.05, 0.1) is 18.6 Å². The highest BCUT2D eigenvalue weighted by atomic mass is 32.2. The van der Waals surface area contributed by atoms with Gasteiger partial charge in [-0.1, -0.05) is 31.2 Å². The monoisotopic (exact) mass is 390 g/mol. The smallest absolute Gasteiger partial charge is 0.241 e. The summed E-state index contributed by atoms with van der Waals surface area (Å²) in [4.78, 5) is 12.3. The average Bonchev–Trinajstić information content (AvgIpc) is 2.64. The number of hydrogen-bond donors (Lipinski definition) is 1. The number of hydrogen-bond acceptors (Lipinski definition) is 4. The van der Waals surface area contributed by atoms with Gasteiger partial charge < -0.3 is 10.1 Å². The maximum Gasteiger partial charge on any atom is 0.241 e. The summed E-state index contributed by atoms with van der Waals surface area (Å²) in [6.45, 7) is 4.52. The van der Waals surface area contributed by atoms with E-state index < -0.39 is 10.0 Å². The van der Waals surface area contributed by atoms with Crippen molar-refractivity contribution in [2.75, 3.05) is 23.7 Å². The predicted octanol–water partition coefficient (Wildman–Crippen LogP) is 2.73. The van der Waals surface area contributed by atoms with E-state index in [-0.39, 0.29) is 12.5 Å². The van der Waals surface area contributed by atoms with E-state index in [0.717, 1.165) is 33.9 Å². The van der Waals surface area contributed by atoms with Gasteiger partial charge in [0.2, 0.25) is 15.9 Å². The molecule has 2 aromatic rings. The Morgan fingerprint density at radius 1 is 1.07 bits per heavy atom. The summed E-state index contributed by atoms with van der Waals surface area (Å²) in [5.41, 5.74) is 2.46. The molecule has 1 N–H and O–H groups in total. The van der Waals surface area contributed by atoms with Crippen molar-refractivity contribution < 1.29 is 17.9 Å². The average molecular weight is 391 g/mol. The van der Waals surface area contributed by atoms with E-state index in [1.54, 1.807) is 12.1 Å². The molecular weight excluding hydrogens is 364 g/mol. The quantitative estimate of drug-likeness (QED) is 0.714. The Morgan fingerprint density at radius 3 is 2.37 bits per heavy atom. The summed E-state index contributed by atoms with van der Waals surface area (Å²) >= 11 is 0. The molecule has 27 heavy (non-hydrogen) atoms. The minimum absolute atomic E-state index is 0.268. The largest absolute Gasteiger partial charge is 0.494 e. The zero-order valence-corrected chi connectivity index (χ0v) is 16.8. The molecule has 0 aliphatic rings. The Bertz CT molecular complexity index is 864. The molecule has 0 radical (unpaired) electrons. The maximum atomic E-state index is 12.3. The minimum Gasteiger partial charge on any atom is -0.494 e. The van der Waals surface area contributed by atoms with Crippen LogP contribution in [0, 0.1) is 0 Å². The highest BCUT2D eigenvalue weighted by Gasteiger charge is 2.20. The summed E-state index contributed by atoms with van der Waals surface area (Å²) in [5.74, 6) is 0.361. The van der Waals surface area contributed by atoms with Crippen LogP contribution >= 0.6 is 0 Å². The number of rotatable bonds is 9. The number of benzene rings is 2. The molecule has 0 unspecified atom stereocenters. The van der Waals surface area contributed by atoms with Gasteiger partial charge in [-0.3, -0.25) is 9.10 Å². The summed E-state index contributed by atoms with van der Waals surface area (Å²) in [6, 6.07) is 14.6. The number of amides is 1. The summed E-state index contributed by atoms with van der Waals surface area (Å²) in [6.07, 6.45) is 1.96. The maximum absolute atomic E-state index is 12.3. The molecule has 7 heteroatoms. The molecule has 0 bridgehead atoms. The second-order valence-corrected chi connectivity index (χ2v) is 8.05. The molecule has 0 heterocycles. The lowest BCUT2D eigenvalue weighted by molar-refractivity contribution is -0.119. The minimum atomic E-state index is -3.58. The van der Waals surface area contributed by atoms with Gasteiger partial charge in [-0.2, -0.15) is 0 Å². The van der Waals surface area contributed by atoms with Gasteiger partial charge in [0.15, 0.2) is 0 Å². The van der Waals surface area contributed by atoms with Crippen molar-refractivity contribution in [1.29, 1.82) is 0 Å². The highest BCUT2D eigenvalue weighted by Crippen LogP contribution is 2.18. The molecule has 146 valence electrons. The number of ether oxygens (including phenoxy) is 1. The molecule has 0 aliphatic carbocycles. The zero-order valence-electron chi connectivity index (χ0n) is 15.9. The number of anilines is 1. The molecule has 0 saturated heterocycles. The van der Waals surface area contributed by atoms with Gasteiger partial charge in [0.25, 0.3) is 0 Å². The van der Waals surface area contributed by atoms with Gasteiger partial charge in [-0.05, 0) is 48.7 Å². The van der Waals surface area contributed by atoms with E-state index in [4.69, 9.17) is 4.74 Å². The lowest BCUT2D eigenvalue weighted by atomic mass is 10.1. The molecule has 2 aromatic carbocycles. The Kier molecular flexibility index (Phi) is 7.24. The van der Waals surface area contributed by atoms with Crippen LogP contribution in [0.5, 0.6) is 5.75 Å². The molecule has 2 rings (SSSR count). The number of carbonyl (C=O) groups is 1. The number of carbonyl (C=O) groups excluding carboxylic acids is 1. The third-order valence-corrected chi connectivity index (χ3v) is 5.16. The van der Waals surface area contributed by atoms with Crippen molar-refractivity contribution >= 4 is 21.6 Å². The Balaban J connectivity index is 2.04. The summed E-state index contributed by atoms with van der Waals surface area (Å²) in [7, 11) is -3.58. The number of aryl methyl sites for hydroxylation is 1. The van der Waals surface area contributed by atoms with Gasteiger partial charge in [0, 0.05) is 6.54 Å². The SMILES string of the molecule is CCOc1cccc(CNC(=O)CN(c2ccc(CC)cc2)S(C)(=O)=O)c1. The van der Waals surface area contributed by atoms with Crippen molar-refractivity contribution in [3.05, 3.63) is 59.7 Å². The fraction of sp³-hybridized carbons (Fsp3) is 0.350. The molecular formula is C20H26N2O4S. The summed E-state index contributed by atoms with van der Waals surface area (Å²) < 4.78 is 30.8. The van der Waals surface area contributed by atoms with Gasteiger partial charge >= 0.3 is 0 Å². The number of nitrogens with one attached hydrogen (secondary N) is 1. The first-order valence-electron chi connectivity index (χ1n) is 8.88. The zero-order chi connectivity index (χ0) is 19.9. The fourth-order valence-electron chi connectivity index (χ4n) is 2.60. The third-order valence-electron chi connectivity index (χ3n) is 4.02. The first kappa shape index (κ1) is 20.8. The van der Waals surface area contributed by atoms with E-state index in [1.165, 1.54) is 0 Å². The van der Waals surface area contributed by atoms with Crippen LogP contribution in [-0.4, -0.2) is 33.7 Å². The van der Waals surface area contributed by atoms with Gasteiger partial charge in [-0.15, -0.1) is 0 Å². The van der Waals surface area contributed by atoms with Gasteiger partial charge in [-0.25, -0.2) is 8.42 Å². The number of nitrogens with zero attached hydrogens (tertiary/aromatic N) is 1. The molecule has 0 fully saturated rings. The van der Waals surface area contributed by atoms with Crippen LogP contribution in [0.2, 0.25) is 0 Å². The van der Waals surface area contributed by atoms with Crippen molar-refractivity contribution in [2.45, 2.75) is 26.8 Å². The van der Waals surface area contributed by atoms with Crippen molar-refractivity contribution in [2.24, 2.45) is 0 Å². The summed E-state index contributed by atoms with van der Waals surface area (Å²) in [5, 5.41) is 2.76. The van der Waals surface area contributed by atoms with Crippen LogP contribution in [0.25, 0.3) is 0 Å². The fourth-order valence-corrected chi connectivity index (χ4v) is 3.45. The van der Waals surface area contributed by atoms with Crippen LogP contribution in [0.3, 0.4) is 0 Å². The third kappa shape index (κ3) is 6.29. The van der Waals surface area contributed by atoms with Crippen molar-refractivity contribution in [3.8, 4) is 5.75 Å². The molecule has 1 amide bonds. The molecule has 0 spiro atoms. The van der Waals surface area contributed by atoms with E-state index in [2.05, 4.69) is 5.32 Å². The molecule has 0 aliphatic heterocycles. The second-order valence-electron chi connectivity index (χ2n) is 6.15. The second kappa shape index (κ2) is 9.41. The van der Waals surface area contributed by atoms with Crippen LogP contribution in [0.1, 0.15) is 25.0 Å². The lowest BCUT2D eigenvalue weighted by Gasteiger charge is -2.22. The van der Waals surface area contributed by atoms with E-state index in [1.807, 2.05) is 50.2 Å². The Morgan fingerprint density at radius 2 is 1.78 bits per heavy atom. The molecule has 0 atom stereocenters.